The first-order chi connectivity index (χ1) is 7.60. The molecule has 0 aliphatic carbocycles. The van der Waals surface area contributed by atoms with Crippen molar-refractivity contribution in [2.24, 2.45) is 0 Å². The third-order valence-corrected chi connectivity index (χ3v) is 2.58. The van der Waals surface area contributed by atoms with Crippen LogP contribution in [0, 0.1) is 5.82 Å². The van der Waals surface area contributed by atoms with E-state index < -0.39 is 17.8 Å². The van der Waals surface area contributed by atoms with Gasteiger partial charge in [0, 0.05) is 10.0 Å². The van der Waals surface area contributed by atoms with Crippen LogP contribution in [-0.2, 0) is 9.53 Å². The molecule has 0 saturated heterocycles. The number of halogens is 2. The Balaban J connectivity index is 2.99. The van der Waals surface area contributed by atoms with Crippen LogP contribution in [0.4, 0.5) is 4.39 Å². The maximum Gasteiger partial charge on any atom is 0.327 e. The highest BCUT2D eigenvalue weighted by atomic mass is 79.9. The molecule has 1 rings (SSSR count). The van der Waals surface area contributed by atoms with Gasteiger partial charge in [0.15, 0.2) is 0 Å². The topological polar surface area (TPSA) is 38.3 Å². The van der Waals surface area contributed by atoms with Crippen molar-refractivity contribution in [3.8, 4) is 0 Å². The predicted octanol–water partition coefficient (Wildman–Crippen LogP) is 2.41. The van der Waals surface area contributed by atoms with Crippen LogP contribution in [0.5, 0.6) is 0 Å². The van der Waals surface area contributed by atoms with Crippen LogP contribution in [0.15, 0.2) is 22.7 Å². The summed E-state index contributed by atoms with van der Waals surface area (Å²) in [6.45, 7) is 1.98. The quantitative estimate of drug-likeness (QED) is 0.865. The van der Waals surface area contributed by atoms with Gasteiger partial charge in [-0.3, -0.25) is 0 Å². The average molecular weight is 290 g/mol. The molecule has 1 aromatic rings. The Morgan fingerprint density at radius 2 is 2.31 bits per heavy atom. The summed E-state index contributed by atoms with van der Waals surface area (Å²) in [5.41, 5.74) is 0.282. The second kappa shape index (κ2) is 5.96. The first-order valence-electron chi connectivity index (χ1n) is 4.89. The van der Waals surface area contributed by atoms with Gasteiger partial charge in [0.25, 0.3) is 0 Å². The molecule has 1 atom stereocenters. The number of rotatable bonds is 4. The molecule has 3 nitrogen and oxygen atoms in total. The molecule has 1 unspecified atom stereocenters. The number of esters is 1. The summed E-state index contributed by atoms with van der Waals surface area (Å²) in [4.78, 5) is 11.5. The van der Waals surface area contributed by atoms with Gasteiger partial charge in [0.2, 0.25) is 0 Å². The van der Waals surface area contributed by atoms with E-state index in [9.17, 15) is 9.18 Å². The molecule has 16 heavy (non-hydrogen) atoms. The Hall–Kier alpha value is -0.940. The van der Waals surface area contributed by atoms with Crippen LogP contribution in [-0.4, -0.2) is 19.6 Å². The maximum atomic E-state index is 13.6. The number of carbonyl (C=O) groups is 1. The van der Waals surface area contributed by atoms with Crippen molar-refractivity contribution in [1.29, 1.82) is 0 Å². The SMILES string of the molecule is CCOC(=O)C(NC)c1ccc(Br)cc1F. The molecule has 0 radical (unpaired) electrons. The summed E-state index contributed by atoms with van der Waals surface area (Å²) in [5, 5.41) is 2.73. The van der Waals surface area contributed by atoms with Crippen molar-refractivity contribution in [2.45, 2.75) is 13.0 Å². The van der Waals surface area contributed by atoms with Gasteiger partial charge in [-0.15, -0.1) is 0 Å². The molecule has 88 valence electrons. The van der Waals surface area contributed by atoms with Crippen LogP contribution in [0.1, 0.15) is 18.5 Å². The highest BCUT2D eigenvalue weighted by Crippen LogP contribution is 2.21. The fourth-order valence-electron chi connectivity index (χ4n) is 1.36. The van der Waals surface area contributed by atoms with Gasteiger partial charge in [0.1, 0.15) is 11.9 Å². The van der Waals surface area contributed by atoms with E-state index in [0.717, 1.165) is 0 Å². The summed E-state index contributed by atoms with van der Waals surface area (Å²) in [6, 6.07) is 3.78. The molecule has 0 fully saturated rings. The largest absolute Gasteiger partial charge is 0.465 e. The second-order valence-corrected chi connectivity index (χ2v) is 4.06. The molecule has 0 aromatic heterocycles. The predicted molar refractivity (Wildman–Crippen MR) is 62.5 cm³/mol. The lowest BCUT2D eigenvalue weighted by Gasteiger charge is -2.15. The van der Waals surface area contributed by atoms with E-state index >= 15 is 0 Å². The first kappa shape index (κ1) is 13.1. The Labute approximate surface area is 102 Å². The molecule has 0 spiro atoms. The van der Waals surface area contributed by atoms with Crippen molar-refractivity contribution in [2.75, 3.05) is 13.7 Å². The fraction of sp³-hybridized carbons (Fsp3) is 0.364. The molecule has 1 aromatic carbocycles. The number of benzene rings is 1. The molecule has 5 heteroatoms. The summed E-state index contributed by atoms with van der Waals surface area (Å²) in [7, 11) is 1.59. The minimum atomic E-state index is -0.770. The van der Waals surface area contributed by atoms with Gasteiger partial charge in [-0.05, 0) is 26.1 Å². The summed E-state index contributed by atoms with van der Waals surface area (Å²) < 4.78 is 19.1. The zero-order valence-electron chi connectivity index (χ0n) is 9.09. The zero-order chi connectivity index (χ0) is 12.1. The minimum absolute atomic E-state index is 0.273. The minimum Gasteiger partial charge on any atom is -0.465 e. The van der Waals surface area contributed by atoms with Gasteiger partial charge >= 0.3 is 5.97 Å². The number of ether oxygens (including phenoxy) is 1. The van der Waals surface area contributed by atoms with Crippen molar-refractivity contribution in [3.63, 3.8) is 0 Å². The third-order valence-electron chi connectivity index (χ3n) is 2.08. The normalized spacial score (nSPS) is 12.2. The van der Waals surface area contributed by atoms with Crippen LogP contribution in [0.3, 0.4) is 0 Å². The number of nitrogens with one attached hydrogen (secondary N) is 1. The van der Waals surface area contributed by atoms with E-state index in [2.05, 4.69) is 21.2 Å². The Morgan fingerprint density at radius 1 is 1.62 bits per heavy atom. The third kappa shape index (κ3) is 3.02. The van der Waals surface area contributed by atoms with E-state index in [1.54, 1.807) is 26.1 Å². The summed E-state index contributed by atoms with van der Waals surface area (Å²) >= 11 is 3.16. The van der Waals surface area contributed by atoms with E-state index in [0.29, 0.717) is 4.47 Å². The Kier molecular flexibility index (Phi) is 4.89. The number of carbonyl (C=O) groups excluding carboxylic acids is 1. The molecule has 1 N–H and O–H groups in total. The summed E-state index contributed by atoms with van der Waals surface area (Å²) in [6.07, 6.45) is 0. The molecular weight excluding hydrogens is 277 g/mol. The van der Waals surface area contributed by atoms with Crippen molar-refractivity contribution < 1.29 is 13.9 Å². The standard InChI is InChI=1S/C11H13BrFNO2/c1-3-16-11(15)10(14-2)8-5-4-7(12)6-9(8)13/h4-6,10,14H,3H2,1-2H3. The Morgan fingerprint density at radius 3 is 2.81 bits per heavy atom. The van der Waals surface area contributed by atoms with Crippen LogP contribution in [0.25, 0.3) is 0 Å². The van der Waals surface area contributed by atoms with E-state index in [-0.39, 0.29) is 12.2 Å². The van der Waals surface area contributed by atoms with Crippen LogP contribution < -0.4 is 5.32 Å². The average Bonchev–Trinajstić information content (AvgIpc) is 2.22. The number of likely N-dealkylation sites (N-methyl/N-ethyl adjacent to an activating group) is 1. The van der Waals surface area contributed by atoms with Gasteiger partial charge in [0.05, 0.1) is 6.61 Å². The first-order valence-corrected chi connectivity index (χ1v) is 5.68. The molecule has 0 heterocycles. The Bertz CT molecular complexity index is 384. The number of hydrogen-bond donors (Lipinski definition) is 1. The highest BCUT2D eigenvalue weighted by molar-refractivity contribution is 9.10. The van der Waals surface area contributed by atoms with Crippen molar-refractivity contribution in [1.82, 2.24) is 5.32 Å². The van der Waals surface area contributed by atoms with E-state index in [4.69, 9.17) is 4.74 Å². The highest BCUT2D eigenvalue weighted by Gasteiger charge is 2.22. The van der Waals surface area contributed by atoms with Crippen molar-refractivity contribution >= 4 is 21.9 Å². The lowest BCUT2D eigenvalue weighted by Crippen LogP contribution is -2.28. The van der Waals surface area contributed by atoms with Gasteiger partial charge in [-0.25, -0.2) is 9.18 Å². The zero-order valence-corrected chi connectivity index (χ0v) is 10.7. The van der Waals surface area contributed by atoms with Gasteiger partial charge < -0.3 is 10.1 Å². The lowest BCUT2D eigenvalue weighted by molar-refractivity contribution is -0.145. The van der Waals surface area contributed by atoms with E-state index in [1.165, 1.54) is 6.07 Å². The second-order valence-electron chi connectivity index (χ2n) is 3.14. The summed E-state index contributed by atoms with van der Waals surface area (Å²) in [5.74, 6) is -0.923. The molecular formula is C11H13BrFNO2. The smallest absolute Gasteiger partial charge is 0.327 e. The fourth-order valence-corrected chi connectivity index (χ4v) is 1.69. The molecule has 0 saturated carbocycles. The van der Waals surface area contributed by atoms with Gasteiger partial charge in [-0.2, -0.15) is 0 Å². The van der Waals surface area contributed by atoms with Crippen LogP contribution in [0.2, 0.25) is 0 Å². The molecule has 0 aliphatic heterocycles. The number of hydrogen-bond acceptors (Lipinski definition) is 3. The maximum absolute atomic E-state index is 13.6. The lowest BCUT2D eigenvalue weighted by atomic mass is 10.1. The van der Waals surface area contributed by atoms with E-state index in [1.807, 2.05) is 0 Å². The van der Waals surface area contributed by atoms with Crippen LogP contribution >= 0.6 is 15.9 Å². The monoisotopic (exact) mass is 289 g/mol. The molecule has 0 bridgehead atoms. The van der Waals surface area contributed by atoms with Gasteiger partial charge in [-0.1, -0.05) is 22.0 Å². The molecule has 0 aliphatic rings. The molecule has 0 amide bonds. The van der Waals surface area contributed by atoms with Crippen molar-refractivity contribution in [3.05, 3.63) is 34.1 Å².